The Morgan fingerprint density at radius 2 is 2.00 bits per heavy atom. The number of hydrogen-bond acceptors (Lipinski definition) is 2. The topological polar surface area (TPSA) is 43.1 Å². The van der Waals surface area contributed by atoms with Gasteiger partial charge in [-0.3, -0.25) is 10.1 Å². The maximum atomic E-state index is 11.4. The molecule has 0 bridgehead atoms. The van der Waals surface area contributed by atoms with Crippen molar-refractivity contribution in [3.05, 3.63) is 10.1 Å². The Kier molecular flexibility index (Phi) is 2.62. The second-order valence-corrected chi connectivity index (χ2v) is 1.95. The van der Waals surface area contributed by atoms with Gasteiger partial charge in [-0.1, -0.05) is 0 Å². The molecule has 0 aromatic rings. The largest absolute Gasteiger partial charge is 0.395 e. The summed E-state index contributed by atoms with van der Waals surface area (Å²) in [6.45, 7) is 0.924. The van der Waals surface area contributed by atoms with Gasteiger partial charge >= 0.3 is 6.18 Å². The Hall–Kier alpha value is -0.810. The van der Waals surface area contributed by atoms with Crippen LogP contribution in [0, 0.1) is 10.1 Å². The average Bonchev–Trinajstić information content (AvgIpc) is 1.60. The number of nitro groups is 1. The third kappa shape index (κ3) is 4.11. The SMILES string of the molecule is CC(CC(F)(F)F)[N+](=O)[O-]. The van der Waals surface area contributed by atoms with Crippen LogP contribution in [-0.4, -0.2) is 17.1 Å². The Bertz CT molecular complexity index is 133. The molecule has 60 valence electrons. The lowest BCUT2D eigenvalue weighted by Gasteiger charge is -2.06. The normalized spacial score (nSPS) is 14.8. The summed E-state index contributed by atoms with van der Waals surface area (Å²) in [6.07, 6.45) is -5.80. The van der Waals surface area contributed by atoms with Crippen LogP contribution in [0.1, 0.15) is 13.3 Å². The van der Waals surface area contributed by atoms with Crippen molar-refractivity contribution in [2.24, 2.45) is 0 Å². The van der Waals surface area contributed by atoms with Gasteiger partial charge in [-0.15, -0.1) is 0 Å². The lowest BCUT2D eigenvalue weighted by molar-refractivity contribution is -0.525. The lowest BCUT2D eigenvalue weighted by atomic mass is 10.2. The Morgan fingerprint density at radius 3 is 2.10 bits per heavy atom. The van der Waals surface area contributed by atoms with Gasteiger partial charge in [0.2, 0.25) is 6.04 Å². The highest BCUT2D eigenvalue weighted by molar-refractivity contribution is 4.56. The van der Waals surface area contributed by atoms with Crippen molar-refractivity contribution in [1.82, 2.24) is 0 Å². The molecule has 0 aliphatic heterocycles. The number of nitrogens with zero attached hydrogens (tertiary/aromatic N) is 1. The standard InChI is InChI=1S/C4H6F3NO2/c1-3(8(9)10)2-4(5,6)7/h3H,2H2,1H3. The highest BCUT2D eigenvalue weighted by Crippen LogP contribution is 2.22. The van der Waals surface area contributed by atoms with Crippen LogP contribution in [0.5, 0.6) is 0 Å². The molecule has 0 N–H and O–H groups in total. The molecule has 1 atom stereocenters. The van der Waals surface area contributed by atoms with E-state index in [4.69, 9.17) is 0 Å². The van der Waals surface area contributed by atoms with Gasteiger partial charge in [-0.25, -0.2) is 0 Å². The minimum atomic E-state index is -4.44. The fourth-order valence-electron chi connectivity index (χ4n) is 0.410. The Morgan fingerprint density at radius 1 is 1.60 bits per heavy atom. The number of halogens is 3. The Labute approximate surface area is 55.0 Å². The summed E-state index contributed by atoms with van der Waals surface area (Å²) in [6, 6.07) is -1.54. The van der Waals surface area contributed by atoms with Crippen molar-refractivity contribution in [2.45, 2.75) is 25.6 Å². The molecule has 0 fully saturated rings. The zero-order chi connectivity index (χ0) is 8.36. The summed E-state index contributed by atoms with van der Waals surface area (Å²) in [5.74, 6) is 0. The van der Waals surface area contributed by atoms with Crippen LogP contribution < -0.4 is 0 Å². The summed E-state index contributed by atoms with van der Waals surface area (Å²) in [4.78, 5) is 8.73. The van der Waals surface area contributed by atoms with E-state index in [9.17, 15) is 23.3 Å². The third-order valence-electron chi connectivity index (χ3n) is 0.887. The summed E-state index contributed by atoms with van der Waals surface area (Å²) in [5, 5.41) is 9.68. The fraction of sp³-hybridized carbons (Fsp3) is 1.00. The van der Waals surface area contributed by atoms with Crippen LogP contribution in [0.2, 0.25) is 0 Å². The predicted octanol–water partition coefficient (Wildman–Crippen LogP) is 1.60. The first kappa shape index (κ1) is 9.19. The van der Waals surface area contributed by atoms with Crippen molar-refractivity contribution in [2.75, 3.05) is 0 Å². The minimum Gasteiger partial charge on any atom is -0.264 e. The van der Waals surface area contributed by atoms with Gasteiger partial charge in [-0.05, 0) is 0 Å². The highest BCUT2D eigenvalue weighted by Gasteiger charge is 2.34. The highest BCUT2D eigenvalue weighted by atomic mass is 19.4. The molecule has 0 aliphatic carbocycles. The molecule has 0 heterocycles. The van der Waals surface area contributed by atoms with E-state index in [1.165, 1.54) is 0 Å². The summed E-state index contributed by atoms with van der Waals surface area (Å²) >= 11 is 0. The molecule has 0 aliphatic rings. The van der Waals surface area contributed by atoms with E-state index >= 15 is 0 Å². The van der Waals surface area contributed by atoms with Gasteiger partial charge < -0.3 is 0 Å². The molecule has 1 unspecified atom stereocenters. The van der Waals surface area contributed by atoms with E-state index in [1.54, 1.807) is 0 Å². The van der Waals surface area contributed by atoms with Crippen LogP contribution in [0.25, 0.3) is 0 Å². The van der Waals surface area contributed by atoms with Crippen molar-refractivity contribution >= 4 is 0 Å². The molecule has 0 saturated heterocycles. The molecule has 0 radical (unpaired) electrons. The number of alkyl halides is 3. The van der Waals surface area contributed by atoms with Crippen molar-refractivity contribution in [3.8, 4) is 0 Å². The number of rotatable bonds is 2. The molecule has 0 spiro atoms. The monoisotopic (exact) mass is 157 g/mol. The third-order valence-corrected chi connectivity index (χ3v) is 0.887. The molecule has 0 rings (SSSR count). The predicted molar refractivity (Wildman–Crippen MR) is 27.1 cm³/mol. The smallest absolute Gasteiger partial charge is 0.264 e. The van der Waals surface area contributed by atoms with Crippen molar-refractivity contribution in [3.63, 3.8) is 0 Å². The van der Waals surface area contributed by atoms with Crippen molar-refractivity contribution in [1.29, 1.82) is 0 Å². The van der Waals surface area contributed by atoms with Gasteiger partial charge in [0.15, 0.2) is 0 Å². The van der Waals surface area contributed by atoms with Crippen LogP contribution >= 0.6 is 0 Å². The molecule has 0 saturated carbocycles. The van der Waals surface area contributed by atoms with E-state index in [0.717, 1.165) is 6.92 Å². The van der Waals surface area contributed by atoms with E-state index < -0.39 is 23.6 Å². The van der Waals surface area contributed by atoms with Crippen LogP contribution in [0.15, 0.2) is 0 Å². The van der Waals surface area contributed by atoms with E-state index in [-0.39, 0.29) is 0 Å². The molecular formula is C4H6F3NO2. The van der Waals surface area contributed by atoms with Gasteiger partial charge in [0, 0.05) is 11.8 Å². The Balaban J connectivity index is 3.80. The molecule has 3 nitrogen and oxygen atoms in total. The first-order valence-electron chi connectivity index (χ1n) is 2.53. The first-order chi connectivity index (χ1) is 4.33. The van der Waals surface area contributed by atoms with E-state index in [2.05, 4.69) is 0 Å². The van der Waals surface area contributed by atoms with Gasteiger partial charge in [0.05, 0.1) is 0 Å². The van der Waals surface area contributed by atoms with Crippen LogP contribution in [-0.2, 0) is 0 Å². The number of hydrogen-bond donors (Lipinski definition) is 0. The molecule has 0 aromatic carbocycles. The quantitative estimate of drug-likeness (QED) is 0.451. The summed E-state index contributed by atoms with van der Waals surface area (Å²) in [5.41, 5.74) is 0. The molecule has 0 aromatic heterocycles. The zero-order valence-corrected chi connectivity index (χ0v) is 5.18. The second-order valence-electron chi connectivity index (χ2n) is 1.95. The fourth-order valence-corrected chi connectivity index (χ4v) is 0.410. The second kappa shape index (κ2) is 2.85. The molecule has 6 heteroatoms. The van der Waals surface area contributed by atoms with Gasteiger partial charge in [0.25, 0.3) is 0 Å². The van der Waals surface area contributed by atoms with Gasteiger partial charge in [0.1, 0.15) is 6.42 Å². The lowest BCUT2D eigenvalue weighted by Crippen LogP contribution is -2.23. The van der Waals surface area contributed by atoms with Crippen LogP contribution in [0.3, 0.4) is 0 Å². The zero-order valence-electron chi connectivity index (χ0n) is 5.18. The maximum Gasteiger partial charge on any atom is 0.395 e. The van der Waals surface area contributed by atoms with Crippen molar-refractivity contribution < 1.29 is 18.1 Å². The molecule has 0 amide bonds. The van der Waals surface area contributed by atoms with E-state index in [0.29, 0.717) is 0 Å². The molecular weight excluding hydrogens is 151 g/mol. The first-order valence-corrected chi connectivity index (χ1v) is 2.53. The van der Waals surface area contributed by atoms with Crippen LogP contribution in [0.4, 0.5) is 13.2 Å². The maximum absolute atomic E-state index is 11.4. The van der Waals surface area contributed by atoms with Gasteiger partial charge in [-0.2, -0.15) is 13.2 Å². The minimum absolute atomic E-state index is 0.924. The average molecular weight is 157 g/mol. The molecule has 10 heavy (non-hydrogen) atoms. The summed E-state index contributed by atoms with van der Waals surface area (Å²) < 4.78 is 34.1. The summed E-state index contributed by atoms with van der Waals surface area (Å²) in [7, 11) is 0. The van der Waals surface area contributed by atoms with E-state index in [1.807, 2.05) is 0 Å².